The number of aryl methyl sites for hydroxylation is 2. The van der Waals surface area contributed by atoms with Crippen molar-refractivity contribution in [2.45, 2.75) is 19.9 Å². The third-order valence-electron chi connectivity index (χ3n) is 2.56. The molecule has 5 heteroatoms. The molecule has 0 radical (unpaired) electrons. The maximum atomic E-state index is 10.9. The van der Waals surface area contributed by atoms with Crippen LogP contribution >= 0.6 is 0 Å². The third kappa shape index (κ3) is 2.22. The molecular formula is C12H15N3O2. The van der Waals surface area contributed by atoms with E-state index in [0.29, 0.717) is 0 Å². The predicted molar refractivity (Wildman–Crippen MR) is 63.9 cm³/mol. The molecule has 0 aliphatic rings. The topological polar surface area (TPSA) is 60.1 Å². The van der Waals surface area contributed by atoms with Crippen LogP contribution in [0, 0.1) is 0 Å². The summed E-state index contributed by atoms with van der Waals surface area (Å²) in [6, 6.07) is 3.57. The van der Waals surface area contributed by atoms with Gasteiger partial charge in [0.15, 0.2) is 5.69 Å². The average Bonchev–Trinajstić information content (AvgIpc) is 2.85. The van der Waals surface area contributed by atoms with E-state index >= 15 is 0 Å². The average molecular weight is 233 g/mol. The smallest absolute Gasteiger partial charge is 0.356 e. The highest BCUT2D eigenvalue weighted by Crippen LogP contribution is 2.21. The molecule has 2 aromatic rings. The van der Waals surface area contributed by atoms with Crippen molar-refractivity contribution in [1.82, 2.24) is 14.3 Å². The summed E-state index contributed by atoms with van der Waals surface area (Å²) in [4.78, 5) is 10.9. The summed E-state index contributed by atoms with van der Waals surface area (Å²) in [6.07, 6.45) is 4.80. The van der Waals surface area contributed by atoms with Gasteiger partial charge in [0.2, 0.25) is 0 Å². The Bertz CT molecular complexity index is 540. The fourth-order valence-corrected chi connectivity index (χ4v) is 1.79. The molecule has 0 aliphatic carbocycles. The van der Waals surface area contributed by atoms with Gasteiger partial charge >= 0.3 is 5.97 Å². The van der Waals surface area contributed by atoms with Crippen molar-refractivity contribution in [2.24, 2.45) is 7.05 Å². The molecule has 5 nitrogen and oxygen atoms in total. The van der Waals surface area contributed by atoms with E-state index in [2.05, 4.69) is 5.10 Å². The molecule has 90 valence electrons. The second-order valence-corrected chi connectivity index (χ2v) is 4.01. The van der Waals surface area contributed by atoms with E-state index in [1.807, 2.05) is 37.0 Å². The number of aromatic nitrogens is 3. The number of nitrogens with zero attached hydrogens (tertiary/aromatic N) is 3. The number of carbonyl (C=O) groups is 1. The minimum atomic E-state index is -0.989. The van der Waals surface area contributed by atoms with Crippen molar-refractivity contribution in [3.63, 3.8) is 0 Å². The molecular weight excluding hydrogens is 218 g/mol. The van der Waals surface area contributed by atoms with Crippen molar-refractivity contribution in [3.8, 4) is 11.3 Å². The Morgan fingerprint density at radius 3 is 2.82 bits per heavy atom. The largest absolute Gasteiger partial charge is 0.476 e. The van der Waals surface area contributed by atoms with Crippen LogP contribution in [-0.4, -0.2) is 25.4 Å². The van der Waals surface area contributed by atoms with E-state index in [0.717, 1.165) is 24.2 Å². The molecule has 0 aliphatic heterocycles. The van der Waals surface area contributed by atoms with Gasteiger partial charge in [0.1, 0.15) is 0 Å². The minimum absolute atomic E-state index is 0.0947. The van der Waals surface area contributed by atoms with E-state index in [9.17, 15) is 4.79 Å². The van der Waals surface area contributed by atoms with Crippen LogP contribution in [0.3, 0.4) is 0 Å². The van der Waals surface area contributed by atoms with Gasteiger partial charge in [0, 0.05) is 31.5 Å². The SMILES string of the molecule is CCCn1nc(C(=O)O)cc1-c1ccn(C)c1. The maximum Gasteiger partial charge on any atom is 0.356 e. The second-order valence-electron chi connectivity index (χ2n) is 4.01. The molecule has 0 atom stereocenters. The first-order chi connectivity index (χ1) is 8.11. The quantitative estimate of drug-likeness (QED) is 0.878. The highest BCUT2D eigenvalue weighted by molar-refractivity contribution is 5.86. The summed E-state index contributed by atoms with van der Waals surface area (Å²) in [5.74, 6) is -0.989. The van der Waals surface area contributed by atoms with Crippen LogP contribution in [-0.2, 0) is 13.6 Å². The van der Waals surface area contributed by atoms with E-state index in [-0.39, 0.29) is 5.69 Å². The lowest BCUT2D eigenvalue weighted by Gasteiger charge is -2.03. The normalized spacial score (nSPS) is 10.7. The van der Waals surface area contributed by atoms with Gasteiger partial charge in [-0.2, -0.15) is 5.10 Å². The molecule has 2 rings (SSSR count). The van der Waals surface area contributed by atoms with Gasteiger partial charge in [-0.15, -0.1) is 0 Å². The molecule has 0 saturated heterocycles. The highest BCUT2D eigenvalue weighted by Gasteiger charge is 2.14. The summed E-state index contributed by atoms with van der Waals surface area (Å²) < 4.78 is 3.68. The standard InChI is InChI=1S/C12H15N3O2/c1-3-5-15-11(7-10(13-15)12(16)17)9-4-6-14(2)8-9/h4,6-8H,3,5H2,1-2H3,(H,16,17). The fraction of sp³-hybridized carbons (Fsp3) is 0.333. The molecule has 2 heterocycles. The number of carboxylic acid groups (broad SMARTS) is 1. The van der Waals surface area contributed by atoms with Crippen LogP contribution < -0.4 is 0 Å². The first kappa shape index (κ1) is 11.4. The molecule has 2 aromatic heterocycles. The van der Waals surface area contributed by atoms with Gasteiger partial charge in [-0.25, -0.2) is 4.79 Å². The molecule has 0 spiro atoms. The molecule has 0 amide bonds. The van der Waals surface area contributed by atoms with Gasteiger partial charge in [-0.1, -0.05) is 6.92 Å². The van der Waals surface area contributed by atoms with Crippen molar-refractivity contribution < 1.29 is 9.90 Å². The van der Waals surface area contributed by atoms with Gasteiger partial charge in [-0.3, -0.25) is 4.68 Å². The number of carboxylic acids is 1. The summed E-state index contributed by atoms with van der Waals surface area (Å²) in [6.45, 7) is 2.76. The first-order valence-electron chi connectivity index (χ1n) is 5.55. The fourth-order valence-electron chi connectivity index (χ4n) is 1.79. The minimum Gasteiger partial charge on any atom is -0.476 e. The number of hydrogen-bond donors (Lipinski definition) is 1. The molecule has 0 unspecified atom stereocenters. The molecule has 0 fully saturated rings. The van der Waals surface area contributed by atoms with Crippen molar-refractivity contribution in [2.75, 3.05) is 0 Å². The summed E-state index contributed by atoms with van der Waals surface area (Å²) in [5.41, 5.74) is 1.93. The van der Waals surface area contributed by atoms with Crippen LogP contribution in [0.2, 0.25) is 0 Å². The third-order valence-corrected chi connectivity index (χ3v) is 2.56. The Kier molecular flexibility index (Phi) is 2.99. The van der Waals surface area contributed by atoms with Gasteiger partial charge in [-0.05, 0) is 18.6 Å². The lowest BCUT2D eigenvalue weighted by Crippen LogP contribution is -2.03. The predicted octanol–water partition coefficient (Wildman–Crippen LogP) is 2.00. The van der Waals surface area contributed by atoms with Crippen molar-refractivity contribution in [3.05, 3.63) is 30.2 Å². The Balaban J connectivity index is 2.47. The Morgan fingerprint density at radius 2 is 2.29 bits per heavy atom. The molecule has 1 N–H and O–H groups in total. The second kappa shape index (κ2) is 4.45. The van der Waals surface area contributed by atoms with E-state index in [1.54, 1.807) is 10.7 Å². The zero-order valence-corrected chi connectivity index (χ0v) is 9.92. The number of aromatic carboxylic acids is 1. The van der Waals surface area contributed by atoms with Gasteiger partial charge < -0.3 is 9.67 Å². The Labute approximate surface area is 99.3 Å². The Hall–Kier alpha value is -2.04. The van der Waals surface area contributed by atoms with E-state index < -0.39 is 5.97 Å². The van der Waals surface area contributed by atoms with Crippen LogP contribution in [0.25, 0.3) is 11.3 Å². The van der Waals surface area contributed by atoms with Crippen LogP contribution in [0.5, 0.6) is 0 Å². The van der Waals surface area contributed by atoms with Gasteiger partial charge in [0.25, 0.3) is 0 Å². The molecule has 17 heavy (non-hydrogen) atoms. The molecule has 0 aromatic carbocycles. The van der Waals surface area contributed by atoms with Crippen LogP contribution in [0.1, 0.15) is 23.8 Å². The lowest BCUT2D eigenvalue weighted by molar-refractivity contribution is 0.0689. The van der Waals surface area contributed by atoms with E-state index in [1.165, 1.54) is 0 Å². The van der Waals surface area contributed by atoms with Crippen LogP contribution in [0.4, 0.5) is 0 Å². The summed E-state index contributed by atoms with van der Waals surface area (Å²) >= 11 is 0. The summed E-state index contributed by atoms with van der Waals surface area (Å²) in [5, 5.41) is 13.1. The number of hydrogen-bond acceptors (Lipinski definition) is 2. The Morgan fingerprint density at radius 1 is 1.53 bits per heavy atom. The monoisotopic (exact) mass is 233 g/mol. The van der Waals surface area contributed by atoms with E-state index in [4.69, 9.17) is 5.11 Å². The van der Waals surface area contributed by atoms with Crippen LogP contribution in [0.15, 0.2) is 24.5 Å². The molecule has 0 bridgehead atoms. The lowest BCUT2D eigenvalue weighted by atomic mass is 10.2. The van der Waals surface area contributed by atoms with Gasteiger partial charge in [0.05, 0.1) is 5.69 Å². The van der Waals surface area contributed by atoms with Crippen molar-refractivity contribution in [1.29, 1.82) is 0 Å². The summed E-state index contributed by atoms with van der Waals surface area (Å²) in [7, 11) is 1.93. The molecule has 0 saturated carbocycles. The maximum absolute atomic E-state index is 10.9. The van der Waals surface area contributed by atoms with Crippen molar-refractivity contribution >= 4 is 5.97 Å². The first-order valence-corrected chi connectivity index (χ1v) is 5.55. The zero-order chi connectivity index (χ0) is 12.4. The highest BCUT2D eigenvalue weighted by atomic mass is 16.4. The number of rotatable bonds is 4. The zero-order valence-electron chi connectivity index (χ0n) is 9.92.